The predicted molar refractivity (Wildman–Crippen MR) is 172 cm³/mol. The molecule has 2 heterocycles. The van der Waals surface area contributed by atoms with Crippen molar-refractivity contribution in [2.45, 2.75) is 40.7 Å². The first-order valence-electron chi connectivity index (χ1n) is 14.6. The molecule has 0 unspecified atom stereocenters. The summed E-state index contributed by atoms with van der Waals surface area (Å²) in [7, 11) is 1.42. The minimum Gasteiger partial charge on any atom is -0.277 e. The summed E-state index contributed by atoms with van der Waals surface area (Å²) < 4.78 is 0. The van der Waals surface area contributed by atoms with E-state index >= 15 is 0 Å². The van der Waals surface area contributed by atoms with Gasteiger partial charge in [-0.3, -0.25) is 29.0 Å². The summed E-state index contributed by atoms with van der Waals surface area (Å²) in [6, 6.07) is 25.9. The predicted octanol–water partition coefficient (Wildman–Crippen LogP) is 7.99. The fourth-order valence-electron chi connectivity index (χ4n) is 6.36. The van der Waals surface area contributed by atoms with E-state index in [1.807, 2.05) is 13.8 Å². The molecule has 2 aliphatic heterocycles. The van der Waals surface area contributed by atoms with Crippen molar-refractivity contribution in [1.29, 1.82) is 0 Å². The van der Waals surface area contributed by atoms with Crippen LogP contribution in [-0.2, 0) is 0 Å². The van der Waals surface area contributed by atoms with Gasteiger partial charge in [0.15, 0.2) is 0 Å². The van der Waals surface area contributed by atoms with Gasteiger partial charge in [0.25, 0.3) is 23.6 Å². The van der Waals surface area contributed by atoms with Gasteiger partial charge in [-0.15, -0.1) is 0 Å². The molecule has 4 amide bonds. The second-order valence-electron chi connectivity index (χ2n) is 11.1. The van der Waals surface area contributed by atoms with Gasteiger partial charge in [-0.2, -0.15) is 0 Å². The molecule has 0 spiro atoms. The van der Waals surface area contributed by atoms with Crippen molar-refractivity contribution in [2.24, 2.45) is 0 Å². The number of nitrogens with zero attached hydrogens (tertiary/aromatic N) is 2. The Hall–Kier alpha value is -5.10. The van der Waals surface area contributed by atoms with E-state index in [1.165, 1.54) is 49.8 Å². The average molecular weight is 569 g/mol. The summed E-state index contributed by atoms with van der Waals surface area (Å²) in [5, 5.41) is 9.04. The highest BCUT2D eigenvalue weighted by molar-refractivity contribution is 6.33. The molecule has 214 valence electrons. The number of aryl methyl sites for hydroxylation is 1. The zero-order valence-corrected chi connectivity index (χ0v) is 25.1. The number of benzene rings is 6. The van der Waals surface area contributed by atoms with E-state index in [1.54, 1.807) is 38.1 Å². The Morgan fingerprint density at radius 3 is 1.42 bits per heavy atom. The lowest BCUT2D eigenvalue weighted by Gasteiger charge is -2.32. The molecule has 43 heavy (non-hydrogen) atoms. The monoisotopic (exact) mass is 568 g/mol. The minimum absolute atomic E-state index is 0.283. The zero-order chi connectivity index (χ0) is 30.7. The van der Waals surface area contributed by atoms with E-state index in [0.29, 0.717) is 33.0 Å². The molecule has 0 bridgehead atoms. The largest absolute Gasteiger partial charge is 0.277 e. The Balaban J connectivity index is 0.000000152. The number of carbonyl (C=O) groups excluding carboxylic acids is 4. The van der Waals surface area contributed by atoms with Crippen LogP contribution < -0.4 is 0 Å². The van der Waals surface area contributed by atoms with Crippen molar-refractivity contribution >= 4 is 66.7 Å². The van der Waals surface area contributed by atoms with E-state index in [4.69, 9.17) is 0 Å². The molecule has 6 heteroatoms. The normalized spacial score (nSPS) is 14.1. The van der Waals surface area contributed by atoms with E-state index in [9.17, 15) is 19.2 Å². The van der Waals surface area contributed by atoms with Gasteiger partial charge in [0.1, 0.15) is 0 Å². The Morgan fingerprint density at radius 2 is 0.930 bits per heavy atom. The number of imide groups is 2. The van der Waals surface area contributed by atoms with Crippen LogP contribution >= 0.6 is 0 Å². The molecule has 0 saturated heterocycles. The van der Waals surface area contributed by atoms with Gasteiger partial charge >= 0.3 is 0 Å². The molecular formula is C37H32N2O4. The topological polar surface area (TPSA) is 74.8 Å². The van der Waals surface area contributed by atoms with Crippen LogP contribution in [0.4, 0.5) is 0 Å². The van der Waals surface area contributed by atoms with Crippen LogP contribution in [0.1, 0.15) is 74.7 Å². The first-order chi connectivity index (χ1) is 20.7. The van der Waals surface area contributed by atoms with E-state index in [2.05, 4.69) is 61.5 Å². The van der Waals surface area contributed by atoms with Crippen molar-refractivity contribution in [2.75, 3.05) is 7.05 Å². The lowest BCUT2D eigenvalue weighted by Crippen LogP contribution is -2.45. The number of amides is 4. The van der Waals surface area contributed by atoms with Crippen LogP contribution in [0.15, 0.2) is 78.9 Å². The van der Waals surface area contributed by atoms with Gasteiger partial charge in [0, 0.05) is 46.1 Å². The standard InChI is InChI=1S/C18H14N2O4.C17H12.C2H6/c1-8(2)20-17(23)11-6-4-9-13-10(16(22)19(3)15(9)21)5-7-12(14(11)13)18(20)24;1-11-5-6-14-8-7-12-3-2-4-13-9-10-15(11)17(14)16(12)13;1-2/h4-8H,1-3H3;2-10H,1H3;1-2H3. The number of hydrogen-bond acceptors (Lipinski definition) is 4. The van der Waals surface area contributed by atoms with Crippen molar-refractivity contribution in [3.8, 4) is 0 Å². The fourth-order valence-corrected chi connectivity index (χ4v) is 6.36. The number of hydrogen-bond donors (Lipinski definition) is 0. The highest BCUT2D eigenvalue weighted by Crippen LogP contribution is 2.38. The molecule has 0 radical (unpaired) electrons. The fraction of sp³-hybridized carbons (Fsp3) is 0.189. The van der Waals surface area contributed by atoms with E-state index in [-0.39, 0.29) is 6.04 Å². The van der Waals surface area contributed by atoms with Crippen LogP contribution in [-0.4, -0.2) is 46.5 Å². The molecule has 0 atom stereocenters. The van der Waals surface area contributed by atoms with Crippen LogP contribution in [0.5, 0.6) is 0 Å². The van der Waals surface area contributed by atoms with Gasteiger partial charge in [0.2, 0.25) is 0 Å². The van der Waals surface area contributed by atoms with Crippen molar-refractivity contribution in [3.05, 3.63) is 107 Å². The maximum atomic E-state index is 12.7. The molecule has 8 rings (SSSR count). The number of rotatable bonds is 1. The highest BCUT2D eigenvalue weighted by Gasteiger charge is 2.39. The third-order valence-corrected chi connectivity index (χ3v) is 8.39. The summed E-state index contributed by atoms with van der Waals surface area (Å²) >= 11 is 0. The Kier molecular flexibility index (Phi) is 6.73. The molecule has 0 fully saturated rings. The number of carbonyl (C=O) groups is 4. The summed E-state index contributed by atoms with van der Waals surface area (Å²) in [4.78, 5) is 52.5. The van der Waals surface area contributed by atoms with Crippen LogP contribution in [0, 0.1) is 6.92 Å². The summed E-state index contributed by atoms with van der Waals surface area (Å²) in [5.41, 5.74) is 2.74. The Labute approximate surface area is 249 Å². The highest BCUT2D eigenvalue weighted by atomic mass is 16.2. The summed E-state index contributed by atoms with van der Waals surface area (Å²) in [5.74, 6) is -1.65. The maximum Gasteiger partial charge on any atom is 0.261 e. The first kappa shape index (κ1) is 28.0. The zero-order valence-electron chi connectivity index (χ0n) is 25.1. The van der Waals surface area contributed by atoms with Crippen LogP contribution in [0.2, 0.25) is 0 Å². The van der Waals surface area contributed by atoms with E-state index in [0.717, 1.165) is 4.90 Å². The SMILES string of the molecule is CC.CC(C)N1C(=O)c2ccc3c4c(ccc(c24)C1=O)C(=O)N(C)C3=O.Cc1ccc2ccc3cccc4ccc1c2c34. The lowest BCUT2D eigenvalue weighted by molar-refractivity contribution is 0.0558. The Bertz CT molecular complexity index is 2060. The van der Waals surface area contributed by atoms with Crippen molar-refractivity contribution in [1.82, 2.24) is 9.80 Å². The van der Waals surface area contributed by atoms with Gasteiger partial charge in [0.05, 0.1) is 0 Å². The van der Waals surface area contributed by atoms with Crippen LogP contribution in [0.25, 0.3) is 43.1 Å². The second-order valence-corrected chi connectivity index (χ2v) is 11.1. The molecule has 0 aromatic heterocycles. The van der Waals surface area contributed by atoms with Gasteiger partial charge in [-0.25, -0.2) is 0 Å². The third kappa shape index (κ3) is 4.01. The van der Waals surface area contributed by atoms with Crippen molar-refractivity contribution < 1.29 is 19.2 Å². The van der Waals surface area contributed by atoms with Gasteiger partial charge in [-0.1, -0.05) is 68.4 Å². The molecule has 6 aromatic carbocycles. The molecular weight excluding hydrogens is 536 g/mol. The van der Waals surface area contributed by atoms with Crippen molar-refractivity contribution in [3.63, 3.8) is 0 Å². The third-order valence-electron chi connectivity index (χ3n) is 8.39. The van der Waals surface area contributed by atoms with E-state index < -0.39 is 23.6 Å². The van der Waals surface area contributed by atoms with Gasteiger partial charge < -0.3 is 0 Å². The molecule has 0 aliphatic carbocycles. The molecule has 0 N–H and O–H groups in total. The Morgan fingerprint density at radius 1 is 0.512 bits per heavy atom. The average Bonchev–Trinajstić information content (AvgIpc) is 3.02. The molecule has 2 aliphatic rings. The second kappa shape index (κ2) is 10.3. The minimum atomic E-state index is -0.428. The summed E-state index contributed by atoms with van der Waals surface area (Å²) in [6.45, 7) is 9.73. The van der Waals surface area contributed by atoms with Gasteiger partial charge in [-0.05, 0) is 82.9 Å². The molecule has 6 aromatic rings. The lowest BCUT2D eigenvalue weighted by atomic mass is 9.86. The quantitative estimate of drug-likeness (QED) is 0.149. The first-order valence-corrected chi connectivity index (χ1v) is 14.6. The maximum absolute atomic E-state index is 12.7. The smallest absolute Gasteiger partial charge is 0.261 e. The summed E-state index contributed by atoms with van der Waals surface area (Å²) in [6.07, 6.45) is 0. The molecule has 0 saturated carbocycles. The van der Waals surface area contributed by atoms with Crippen LogP contribution in [0.3, 0.4) is 0 Å². The molecule has 6 nitrogen and oxygen atoms in total.